The fourth-order valence-electron chi connectivity index (χ4n) is 1.71. The van der Waals surface area contributed by atoms with Crippen molar-refractivity contribution in [3.05, 3.63) is 23.2 Å². The molecule has 20 heavy (non-hydrogen) atoms. The lowest BCUT2D eigenvalue weighted by Crippen LogP contribution is -2.41. The lowest BCUT2D eigenvalue weighted by Gasteiger charge is -2.13. The van der Waals surface area contributed by atoms with Crippen molar-refractivity contribution in [2.24, 2.45) is 0 Å². The van der Waals surface area contributed by atoms with Crippen LogP contribution in [0.4, 0.5) is 0 Å². The van der Waals surface area contributed by atoms with Crippen molar-refractivity contribution in [3.8, 4) is 0 Å². The van der Waals surface area contributed by atoms with Crippen LogP contribution in [0.15, 0.2) is 10.5 Å². The van der Waals surface area contributed by atoms with Gasteiger partial charge in [0.1, 0.15) is 17.6 Å². The fraction of sp³-hybridized carbons (Fsp3) is 0.462. The van der Waals surface area contributed by atoms with Crippen molar-refractivity contribution in [2.75, 3.05) is 7.11 Å². The summed E-state index contributed by atoms with van der Waals surface area (Å²) in [7, 11) is 1.22. The Morgan fingerprint density at radius 3 is 2.50 bits per heavy atom. The van der Waals surface area contributed by atoms with E-state index in [1.165, 1.54) is 13.2 Å². The van der Waals surface area contributed by atoms with Crippen LogP contribution in [0.2, 0.25) is 0 Å². The number of nitrogens with one attached hydrogen (secondary N) is 1. The first-order chi connectivity index (χ1) is 9.35. The van der Waals surface area contributed by atoms with Crippen LogP contribution in [-0.4, -0.2) is 36.1 Å². The van der Waals surface area contributed by atoms with E-state index in [1.807, 2.05) is 0 Å². The minimum Gasteiger partial charge on any atom is -0.480 e. The standard InChI is InChI=1S/C13H17NO6/c1-7-6-9(8(2)20-7)12(16)14-10(13(17)18)4-5-11(15)19-3/h6,10H,4-5H2,1-3H3,(H,14,16)(H,17,18)/t10-/m0/s1. The van der Waals surface area contributed by atoms with Gasteiger partial charge in [0, 0.05) is 6.42 Å². The number of rotatable bonds is 6. The van der Waals surface area contributed by atoms with E-state index in [0.29, 0.717) is 11.5 Å². The van der Waals surface area contributed by atoms with Crippen LogP contribution in [-0.2, 0) is 14.3 Å². The van der Waals surface area contributed by atoms with E-state index in [1.54, 1.807) is 13.8 Å². The van der Waals surface area contributed by atoms with Crippen LogP contribution < -0.4 is 5.32 Å². The molecule has 1 amide bonds. The third-order valence-electron chi connectivity index (χ3n) is 2.75. The SMILES string of the molecule is COC(=O)CC[C@H](NC(=O)c1cc(C)oc1C)C(=O)O. The topological polar surface area (TPSA) is 106 Å². The van der Waals surface area contributed by atoms with E-state index < -0.39 is 23.9 Å². The average molecular weight is 283 g/mol. The van der Waals surface area contributed by atoms with Crippen LogP contribution in [0.3, 0.4) is 0 Å². The first-order valence-corrected chi connectivity index (χ1v) is 6.02. The van der Waals surface area contributed by atoms with Crippen molar-refractivity contribution < 1.29 is 28.6 Å². The van der Waals surface area contributed by atoms with Gasteiger partial charge in [0.25, 0.3) is 5.91 Å². The second kappa shape index (κ2) is 6.74. The number of furan rings is 1. The van der Waals surface area contributed by atoms with Gasteiger partial charge in [-0.3, -0.25) is 9.59 Å². The van der Waals surface area contributed by atoms with Crippen LogP contribution in [0, 0.1) is 13.8 Å². The summed E-state index contributed by atoms with van der Waals surface area (Å²) in [6, 6.07) is 0.375. The van der Waals surface area contributed by atoms with Crippen molar-refractivity contribution in [1.29, 1.82) is 0 Å². The molecular formula is C13H17NO6. The molecule has 2 N–H and O–H groups in total. The number of hydrogen-bond donors (Lipinski definition) is 2. The van der Waals surface area contributed by atoms with Crippen molar-refractivity contribution in [1.82, 2.24) is 5.32 Å². The van der Waals surface area contributed by atoms with Gasteiger partial charge < -0.3 is 19.6 Å². The molecule has 0 saturated heterocycles. The number of hydrogen-bond acceptors (Lipinski definition) is 5. The number of aryl methyl sites for hydroxylation is 2. The number of carboxylic acid groups (broad SMARTS) is 1. The Balaban J connectivity index is 2.70. The number of carboxylic acids is 1. The zero-order valence-corrected chi connectivity index (χ0v) is 11.6. The number of carbonyl (C=O) groups excluding carboxylic acids is 2. The summed E-state index contributed by atoms with van der Waals surface area (Å²) >= 11 is 0. The Morgan fingerprint density at radius 1 is 1.40 bits per heavy atom. The van der Waals surface area contributed by atoms with Gasteiger partial charge in [-0.25, -0.2) is 4.79 Å². The average Bonchev–Trinajstić information content (AvgIpc) is 2.72. The van der Waals surface area contributed by atoms with E-state index in [0.717, 1.165) is 0 Å². The quantitative estimate of drug-likeness (QED) is 0.755. The van der Waals surface area contributed by atoms with E-state index in [9.17, 15) is 14.4 Å². The first kappa shape index (κ1) is 15.7. The number of amides is 1. The highest BCUT2D eigenvalue weighted by Crippen LogP contribution is 2.14. The Hall–Kier alpha value is -2.31. The Kier molecular flexibility index (Phi) is 5.31. The summed E-state index contributed by atoms with van der Waals surface area (Å²) in [5.41, 5.74) is 0.284. The smallest absolute Gasteiger partial charge is 0.326 e. The van der Waals surface area contributed by atoms with E-state index in [-0.39, 0.29) is 18.4 Å². The normalized spacial score (nSPS) is 11.8. The molecule has 0 spiro atoms. The predicted molar refractivity (Wildman–Crippen MR) is 68.3 cm³/mol. The number of esters is 1. The van der Waals surface area contributed by atoms with Gasteiger partial charge in [0.2, 0.25) is 0 Å². The zero-order chi connectivity index (χ0) is 15.3. The number of ether oxygens (including phenoxy) is 1. The lowest BCUT2D eigenvalue weighted by molar-refractivity contribution is -0.142. The highest BCUT2D eigenvalue weighted by atomic mass is 16.5. The van der Waals surface area contributed by atoms with Crippen LogP contribution in [0.25, 0.3) is 0 Å². The summed E-state index contributed by atoms with van der Waals surface area (Å²) in [5.74, 6) is -1.30. The van der Waals surface area contributed by atoms with Gasteiger partial charge in [-0.05, 0) is 26.3 Å². The van der Waals surface area contributed by atoms with Crippen molar-refractivity contribution in [2.45, 2.75) is 32.7 Å². The second-order valence-electron chi connectivity index (χ2n) is 4.31. The monoisotopic (exact) mass is 283 g/mol. The molecule has 0 radical (unpaired) electrons. The zero-order valence-electron chi connectivity index (χ0n) is 11.6. The van der Waals surface area contributed by atoms with Gasteiger partial charge in [0.15, 0.2) is 0 Å². The van der Waals surface area contributed by atoms with Gasteiger partial charge in [0.05, 0.1) is 12.7 Å². The molecule has 0 aliphatic rings. The van der Waals surface area contributed by atoms with Crippen LogP contribution >= 0.6 is 0 Å². The maximum atomic E-state index is 12.0. The van der Waals surface area contributed by atoms with E-state index >= 15 is 0 Å². The van der Waals surface area contributed by atoms with Gasteiger partial charge in [-0.1, -0.05) is 0 Å². The molecule has 1 rings (SSSR count). The highest BCUT2D eigenvalue weighted by Gasteiger charge is 2.23. The van der Waals surface area contributed by atoms with Crippen LogP contribution in [0.5, 0.6) is 0 Å². The molecule has 1 heterocycles. The van der Waals surface area contributed by atoms with Crippen LogP contribution in [0.1, 0.15) is 34.7 Å². The molecule has 1 aromatic rings. The molecule has 110 valence electrons. The summed E-state index contributed by atoms with van der Waals surface area (Å²) in [4.78, 5) is 34.0. The molecule has 7 nitrogen and oxygen atoms in total. The molecule has 0 aliphatic carbocycles. The molecule has 0 bridgehead atoms. The Labute approximate surface area is 115 Å². The molecule has 0 saturated carbocycles. The predicted octanol–water partition coefficient (Wildman–Crippen LogP) is 1.03. The second-order valence-corrected chi connectivity index (χ2v) is 4.31. The largest absolute Gasteiger partial charge is 0.480 e. The van der Waals surface area contributed by atoms with Gasteiger partial charge in [-0.15, -0.1) is 0 Å². The summed E-state index contributed by atoms with van der Waals surface area (Å²) in [5, 5.41) is 11.4. The third kappa shape index (κ3) is 4.11. The number of methoxy groups -OCH3 is 1. The minimum atomic E-state index is -1.21. The Bertz CT molecular complexity index is 519. The van der Waals surface area contributed by atoms with Crippen molar-refractivity contribution in [3.63, 3.8) is 0 Å². The Morgan fingerprint density at radius 2 is 2.05 bits per heavy atom. The number of aliphatic carboxylic acids is 1. The van der Waals surface area contributed by atoms with Crippen molar-refractivity contribution >= 4 is 17.8 Å². The molecular weight excluding hydrogens is 266 g/mol. The lowest BCUT2D eigenvalue weighted by atomic mass is 10.1. The molecule has 1 atom stereocenters. The van der Waals surface area contributed by atoms with Gasteiger partial charge >= 0.3 is 11.9 Å². The number of carbonyl (C=O) groups is 3. The summed E-state index contributed by atoms with van der Waals surface area (Å²) in [6.45, 7) is 3.31. The molecule has 7 heteroatoms. The maximum absolute atomic E-state index is 12.0. The maximum Gasteiger partial charge on any atom is 0.326 e. The molecule has 0 aliphatic heterocycles. The van der Waals surface area contributed by atoms with E-state index in [4.69, 9.17) is 9.52 Å². The highest BCUT2D eigenvalue weighted by molar-refractivity contribution is 5.97. The fourth-order valence-corrected chi connectivity index (χ4v) is 1.71. The minimum absolute atomic E-state index is 0.0381. The molecule has 1 aromatic heterocycles. The van der Waals surface area contributed by atoms with Gasteiger partial charge in [-0.2, -0.15) is 0 Å². The van der Waals surface area contributed by atoms with E-state index in [2.05, 4.69) is 10.1 Å². The summed E-state index contributed by atoms with van der Waals surface area (Å²) in [6.07, 6.45) is -0.124. The summed E-state index contributed by atoms with van der Waals surface area (Å²) < 4.78 is 9.64. The molecule has 0 fully saturated rings. The molecule has 0 unspecified atom stereocenters. The first-order valence-electron chi connectivity index (χ1n) is 6.02. The molecule has 0 aromatic carbocycles. The third-order valence-corrected chi connectivity index (χ3v) is 2.75.